The minimum absolute atomic E-state index is 0.196. The van der Waals surface area contributed by atoms with E-state index >= 15 is 0 Å². The molecule has 1 fully saturated rings. The van der Waals surface area contributed by atoms with Gasteiger partial charge in [0.05, 0.1) is 14.9 Å². The zero-order valence-electron chi connectivity index (χ0n) is 17.3. The number of rotatable bonds is 5. The molecule has 2 heterocycles. The first-order valence-corrected chi connectivity index (χ1v) is 12.3. The van der Waals surface area contributed by atoms with Crippen molar-refractivity contribution in [2.45, 2.75) is 31.1 Å². The number of carbonyl (C=O) groups is 1. The summed E-state index contributed by atoms with van der Waals surface area (Å²) >= 11 is 12.6. The lowest BCUT2D eigenvalue weighted by Gasteiger charge is -2.25. The molecule has 1 amide bonds. The lowest BCUT2D eigenvalue weighted by molar-refractivity contribution is 0.102. The van der Waals surface area contributed by atoms with Crippen LogP contribution in [-0.4, -0.2) is 36.9 Å². The quantitative estimate of drug-likeness (QED) is 0.514. The molecule has 10 heteroatoms. The highest BCUT2D eigenvalue weighted by molar-refractivity contribution is 7.89. The van der Waals surface area contributed by atoms with Gasteiger partial charge in [-0.2, -0.15) is 4.31 Å². The maximum atomic E-state index is 13.0. The minimum atomic E-state index is -3.54. The predicted molar refractivity (Wildman–Crippen MR) is 124 cm³/mol. The average molecular weight is 494 g/mol. The summed E-state index contributed by atoms with van der Waals surface area (Å²) in [7, 11) is -3.54. The molecule has 4 rings (SSSR count). The number of carbonyl (C=O) groups excluding carboxylic acids is 1. The van der Waals surface area contributed by atoms with Gasteiger partial charge in [0.25, 0.3) is 5.91 Å². The summed E-state index contributed by atoms with van der Waals surface area (Å²) < 4.78 is 32.4. The summed E-state index contributed by atoms with van der Waals surface area (Å²) in [6.45, 7) is 2.67. The molecule has 0 radical (unpaired) electrons. The van der Waals surface area contributed by atoms with E-state index in [1.807, 2.05) is 0 Å². The third kappa shape index (κ3) is 4.41. The molecule has 7 nitrogen and oxygen atoms in total. The normalized spacial score (nSPS) is 15.0. The summed E-state index contributed by atoms with van der Waals surface area (Å²) in [6, 6.07) is 11.1. The van der Waals surface area contributed by atoms with Gasteiger partial charge in [-0.3, -0.25) is 4.79 Å². The molecule has 2 aromatic carbocycles. The number of nitrogens with one attached hydrogen (secondary N) is 1. The van der Waals surface area contributed by atoms with E-state index in [9.17, 15) is 13.2 Å². The third-order valence-electron chi connectivity index (χ3n) is 5.35. The lowest BCUT2D eigenvalue weighted by Crippen LogP contribution is -2.35. The smallest absolute Gasteiger partial charge is 0.261 e. The number of piperidine rings is 1. The molecule has 1 saturated heterocycles. The van der Waals surface area contributed by atoms with Gasteiger partial charge in [0, 0.05) is 24.3 Å². The number of anilines is 1. The van der Waals surface area contributed by atoms with Crippen molar-refractivity contribution in [1.29, 1.82) is 0 Å². The molecule has 0 spiro atoms. The van der Waals surface area contributed by atoms with Crippen LogP contribution < -0.4 is 5.32 Å². The van der Waals surface area contributed by atoms with Gasteiger partial charge < -0.3 is 9.84 Å². The Morgan fingerprint density at radius 3 is 2.28 bits per heavy atom. The van der Waals surface area contributed by atoms with E-state index < -0.39 is 15.9 Å². The molecule has 3 aromatic rings. The molecule has 1 aromatic heterocycles. The molecule has 0 atom stereocenters. The van der Waals surface area contributed by atoms with Crippen LogP contribution in [0.3, 0.4) is 0 Å². The Morgan fingerprint density at radius 1 is 1.03 bits per heavy atom. The first-order chi connectivity index (χ1) is 15.3. The number of benzene rings is 2. The SMILES string of the molecule is Cc1onc(-c2c(Cl)cccc2Cl)c1C(=O)Nc1ccc(S(=O)(=O)N2CCCCC2)cc1. The van der Waals surface area contributed by atoms with Crippen molar-refractivity contribution >= 4 is 44.8 Å². The number of halogens is 2. The van der Waals surface area contributed by atoms with E-state index in [1.54, 1.807) is 37.3 Å². The van der Waals surface area contributed by atoms with Crippen molar-refractivity contribution < 1.29 is 17.7 Å². The van der Waals surface area contributed by atoms with Gasteiger partial charge in [0.15, 0.2) is 0 Å². The van der Waals surface area contributed by atoms with Crippen LogP contribution in [0.25, 0.3) is 11.3 Å². The van der Waals surface area contributed by atoms with Gasteiger partial charge in [0.2, 0.25) is 10.0 Å². The molecule has 1 aliphatic rings. The number of hydrogen-bond acceptors (Lipinski definition) is 5. The monoisotopic (exact) mass is 493 g/mol. The van der Waals surface area contributed by atoms with Gasteiger partial charge in [-0.15, -0.1) is 0 Å². The second-order valence-corrected chi connectivity index (χ2v) is 10.3. The molecule has 168 valence electrons. The molecular formula is C22H21Cl2N3O4S. The van der Waals surface area contributed by atoms with E-state index in [1.165, 1.54) is 16.4 Å². The van der Waals surface area contributed by atoms with Crippen LogP contribution in [0.5, 0.6) is 0 Å². The van der Waals surface area contributed by atoms with E-state index in [-0.39, 0.29) is 16.2 Å². The fourth-order valence-electron chi connectivity index (χ4n) is 3.69. The first-order valence-electron chi connectivity index (χ1n) is 10.1. The Hall–Kier alpha value is -2.39. The number of hydrogen-bond donors (Lipinski definition) is 1. The second kappa shape index (κ2) is 9.23. The van der Waals surface area contributed by atoms with Crippen LogP contribution in [0.15, 0.2) is 51.9 Å². The molecule has 32 heavy (non-hydrogen) atoms. The van der Waals surface area contributed by atoms with Crippen molar-refractivity contribution in [2.75, 3.05) is 18.4 Å². The summed E-state index contributed by atoms with van der Waals surface area (Å²) in [6.07, 6.45) is 2.77. The summed E-state index contributed by atoms with van der Waals surface area (Å²) in [4.78, 5) is 13.2. The maximum absolute atomic E-state index is 13.0. The number of aryl methyl sites for hydroxylation is 1. The Balaban J connectivity index is 1.58. The zero-order valence-corrected chi connectivity index (χ0v) is 19.6. The summed E-state index contributed by atoms with van der Waals surface area (Å²) in [5.41, 5.74) is 1.27. The third-order valence-corrected chi connectivity index (χ3v) is 7.90. The van der Waals surface area contributed by atoms with Gasteiger partial charge in [0.1, 0.15) is 17.0 Å². The van der Waals surface area contributed by atoms with Crippen LogP contribution in [0.2, 0.25) is 10.0 Å². The van der Waals surface area contributed by atoms with Crippen molar-refractivity contribution in [3.05, 3.63) is 63.8 Å². The molecular weight excluding hydrogens is 473 g/mol. The largest absolute Gasteiger partial charge is 0.360 e. The summed E-state index contributed by atoms with van der Waals surface area (Å²) in [5.74, 6) is -0.167. The fourth-order valence-corrected chi connectivity index (χ4v) is 5.79. The molecule has 0 aliphatic carbocycles. The average Bonchev–Trinajstić information content (AvgIpc) is 3.15. The fraction of sp³-hybridized carbons (Fsp3) is 0.273. The van der Waals surface area contributed by atoms with Crippen LogP contribution in [0.4, 0.5) is 5.69 Å². The minimum Gasteiger partial charge on any atom is -0.360 e. The Bertz CT molecular complexity index is 1230. The highest BCUT2D eigenvalue weighted by Crippen LogP contribution is 2.37. The number of sulfonamides is 1. The van der Waals surface area contributed by atoms with Crippen LogP contribution in [0, 0.1) is 6.92 Å². The van der Waals surface area contributed by atoms with E-state index in [0.29, 0.717) is 40.1 Å². The van der Waals surface area contributed by atoms with Crippen LogP contribution in [-0.2, 0) is 10.0 Å². The van der Waals surface area contributed by atoms with Crippen molar-refractivity contribution in [1.82, 2.24) is 9.46 Å². The Kier molecular flexibility index (Phi) is 6.57. The highest BCUT2D eigenvalue weighted by Gasteiger charge is 2.27. The van der Waals surface area contributed by atoms with Crippen molar-refractivity contribution in [3.8, 4) is 11.3 Å². The maximum Gasteiger partial charge on any atom is 0.261 e. The van der Waals surface area contributed by atoms with E-state index in [0.717, 1.165) is 19.3 Å². The van der Waals surface area contributed by atoms with Crippen LogP contribution in [0.1, 0.15) is 35.4 Å². The molecule has 1 N–H and O–H groups in total. The Labute approximate surface area is 196 Å². The zero-order chi connectivity index (χ0) is 22.9. The van der Waals surface area contributed by atoms with Crippen molar-refractivity contribution in [2.24, 2.45) is 0 Å². The molecule has 0 saturated carbocycles. The highest BCUT2D eigenvalue weighted by atomic mass is 35.5. The van der Waals surface area contributed by atoms with Crippen molar-refractivity contribution in [3.63, 3.8) is 0 Å². The van der Waals surface area contributed by atoms with Crippen LogP contribution >= 0.6 is 23.2 Å². The van der Waals surface area contributed by atoms with Gasteiger partial charge in [-0.05, 0) is 56.2 Å². The number of nitrogens with zero attached hydrogens (tertiary/aromatic N) is 2. The Morgan fingerprint density at radius 2 is 1.66 bits per heavy atom. The number of aromatic nitrogens is 1. The van der Waals surface area contributed by atoms with E-state index in [2.05, 4.69) is 10.5 Å². The number of amides is 1. The van der Waals surface area contributed by atoms with Gasteiger partial charge >= 0.3 is 0 Å². The first kappa shape index (κ1) is 22.8. The van der Waals surface area contributed by atoms with Gasteiger partial charge in [-0.1, -0.05) is 40.8 Å². The predicted octanol–water partition coefficient (Wildman–Crippen LogP) is 5.38. The molecule has 0 bridgehead atoms. The van der Waals surface area contributed by atoms with Gasteiger partial charge in [-0.25, -0.2) is 8.42 Å². The lowest BCUT2D eigenvalue weighted by atomic mass is 10.1. The van der Waals surface area contributed by atoms with E-state index in [4.69, 9.17) is 27.7 Å². The summed E-state index contributed by atoms with van der Waals surface area (Å²) in [5, 5.41) is 7.42. The molecule has 1 aliphatic heterocycles. The topological polar surface area (TPSA) is 92.5 Å². The standard InChI is InChI=1S/C22H21Cl2N3O4S/c1-14-19(21(26-31-14)20-17(23)6-5-7-18(20)24)22(28)25-15-8-10-16(11-9-15)32(29,30)27-12-3-2-4-13-27/h5-11H,2-4,12-13H2,1H3,(H,25,28). The second-order valence-electron chi connectivity index (χ2n) is 7.50. The molecule has 0 unspecified atom stereocenters.